The van der Waals surface area contributed by atoms with Crippen LogP contribution in [0.3, 0.4) is 0 Å². The van der Waals surface area contributed by atoms with Crippen molar-refractivity contribution in [2.24, 2.45) is 0 Å². The summed E-state index contributed by atoms with van der Waals surface area (Å²) in [6.45, 7) is 1.52. The zero-order chi connectivity index (χ0) is 25.7. The van der Waals surface area contributed by atoms with E-state index in [4.69, 9.17) is 9.15 Å². The van der Waals surface area contributed by atoms with Crippen LogP contribution >= 0.6 is 0 Å². The highest BCUT2D eigenvalue weighted by Crippen LogP contribution is 2.22. The monoisotopic (exact) mass is 519 g/mol. The third-order valence-electron chi connectivity index (χ3n) is 6.38. The molecule has 3 heterocycles. The lowest BCUT2D eigenvalue weighted by Gasteiger charge is -2.25. The van der Waals surface area contributed by atoms with E-state index >= 15 is 0 Å². The Hall–Kier alpha value is -3.69. The van der Waals surface area contributed by atoms with Crippen molar-refractivity contribution in [3.63, 3.8) is 0 Å². The van der Waals surface area contributed by atoms with E-state index in [1.54, 1.807) is 39.9 Å². The van der Waals surface area contributed by atoms with Crippen LogP contribution in [0.4, 0.5) is 0 Å². The molecule has 0 spiro atoms. The van der Waals surface area contributed by atoms with E-state index in [1.807, 2.05) is 48.5 Å². The van der Waals surface area contributed by atoms with Crippen molar-refractivity contribution >= 4 is 15.7 Å². The molecule has 37 heavy (non-hydrogen) atoms. The fourth-order valence-corrected chi connectivity index (χ4v) is 6.06. The first kappa shape index (κ1) is 25.0. The van der Waals surface area contributed by atoms with Gasteiger partial charge in [-0.15, -0.1) is 0 Å². The average molecular weight is 520 g/mol. The number of rotatable bonds is 10. The van der Waals surface area contributed by atoms with Gasteiger partial charge in [-0.1, -0.05) is 60.7 Å². The second-order valence-corrected chi connectivity index (χ2v) is 11.0. The molecule has 0 bridgehead atoms. The molecule has 5 rings (SSSR count). The van der Waals surface area contributed by atoms with E-state index in [1.165, 1.54) is 6.26 Å². The molecule has 9 heteroatoms. The van der Waals surface area contributed by atoms with Crippen LogP contribution in [0.25, 0.3) is 0 Å². The van der Waals surface area contributed by atoms with E-state index in [0.29, 0.717) is 31.0 Å². The van der Waals surface area contributed by atoms with Gasteiger partial charge in [0.05, 0.1) is 43.1 Å². The van der Waals surface area contributed by atoms with Crippen LogP contribution in [-0.2, 0) is 33.4 Å². The topological polar surface area (TPSA) is 94.6 Å². The summed E-state index contributed by atoms with van der Waals surface area (Å²) >= 11 is 0. The van der Waals surface area contributed by atoms with Crippen LogP contribution in [-0.4, -0.2) is 48.0 Å². The number of imidazole rings is 1. The zero-order valence-electron chi connectivity index (χ0n) is 20.4. The first-order chi connectivity index (χ1) is 18.0. The number of benzene rings is 2. The van der Waals surface area contributed by atoms with Crippen molar-refractivity contribution in [3.8, 4) is 0 Å². The summed E-state index contributed by atoms with van der Waals surface area (Å²) in [5, 5.41) is -0.0160. The number of carbonyl (C=O) groups excluding carboxylic acids is 1. The van der Waals surface area contributed by atoms with Crippen molar-refractivity contribution in [2.75, 3.05) is 13.2 Å². The highest BCUT2D eigenvalue weighted by molar-refractivity contribution is 7.90. The number of nitrogens with zero attached hydrogens (tertiary/aromatic N) is 3. The minimum atomic E-state index is -3.76. The summed E-state index contributed by atoms with van der Waals surface area (Å²) in [7, 11) is -3.76. The van der Waals surface area contributed by atoms with Gasteiger partial charge in [-0.3, -0.25) is 4.79 Å². The van der Waals surface area contributed by atoms with Gasteiger partial charge in [0.15, 0.2) is 5.76 Å². The Morgan fingerprint density at radius 1 is 1.00 bits per heavy atom. The molecule has 4 aromatic rings. The number of hydrogen-bond donors (Lipinski definition) is 0. The van der Waals surface area contributed by atoms with E-state index in [9.17, 15) is 13.2 Å². The Morgan fingerprint density at radius 3 is 2.38 bits per heavy atom. The average Bonchev–Trinajstić information content (AvgIpc) is 3.68. The molecule has 2 aromatic carbocycles. The summed E-state index contributed by atoms with van der Waals surface area (Å²) in [4.78, 5) is 19.4. The Bertz CT molecular complexity index is 1410. The Balaban J connectivity index is 1.50. The molecule has 1 aliphatic heterocycles. The summed E-state index contributed by atoms with van der Waals surface area (Å²) in [6.07, 6.45) is 4.75. The number of sulfone groups is 1. The fourth-order valence-electron chi connectivity index (χ4n) is 4.56. The SMILES string of the molecule is O=C(c1ccco1)N(Cc1cnc(S(=O)(=O)Cc2ccccc2)n1Cc1ccccc1)C[C@H]1CCCO1. The number of amides is 1. The first-order valence-corrected chi connectivity index (χ1v) is 13.9. The van der Waals surface area contributed by atoms with Gasteiger partial charge >= 0.3 is 0 Å². The fraction of sp³-hybridized carbons (Fsp3) is 0.286. The van der Waals surface area contributed by atoms with Gasteiger partial charge in [0, 0.05) is 13.2 Å². The Labute approximate surface area is 216 Å². The molecule has 2 aromatic heterocycles. The molecule has 192 valence electrons. The minimum absolute atomic E-state index is 0.0160. The quantitative estimate of drug-likeness (QED) is 0.310. The smallest absolute Gasteiger partial charge is 0.289 e. The third-order valence-corrected chi connectivity index (χ3v) is 7.98. The van der Waals surface area contributed by atoms with Gasteiger partial charge < -0.3 is 18.6 Å². The lowest BCUT2D eigenvalue weighted by Crippen LogP contribution is -2.37. The normalized spacial score (nSPS) is 15.6. The van der Waals surface area contributed by atoms with Crippen molar-refractivity contribution in [2.45, 2.75) is 42.9 Å². The molecule has 0 radical (unpaired) electrons. The maximum Gasteiger partial charge on any atom is 0.289 e. The number of aromatic nitrogens is 2. The first-order valence-electron chi connectivity index (χ1n) is 12.3. The van der Waals surface area contributed by atoms with Gasteiger partial charge in [-0.25, -0.2) is 13.4 Å². The minimum Gasteiger partial charge on any atom is -0.459 e. The van der Waals surface area contributed by atoms with E-state index in [2.05, 4.69) is 4.98 Å². The molecular formula is C28H29N3O5S. The van der Waals surface area contributed by atoms with Gasteiger partial charge in [-0.05, 0) is 36.1 Å². The highest BCUT2D eigenvalue weighted by atomic mass is 32.2. The molecule has 1 saturated heterocycles. The molecule has 0 aliphatic carbocycles. The predicted molar refractivity (Wildman–Crippen MR) is 138 cm³/mol. The second-order valence-electron chi connectivity index (χ2n) is 9.15. The maximum absolute atomic E-state index is 13.5. The van der Waals surface area contributed by atoms with Crippen LogP contribution in [0, 0.1) is 0 Å². The largest absolute Gasteiger partial charge is 0.459 e. The molecule has 8 nitrogen and oxygen atoms in total. The van der Waals surface area contributed by atoms with Crippen molar-refractivity contribution < 1.29 is 22.4 Å². The van der Waals surface area contributed by atoms with Crippen molar-refractivity contribution in [3.05, 3.63) is 108 Å². The standard InChI is InChI=1S/C28H29N3O5S/c32-27(26-14-8-16-36-26)30(20-25-13-7-15-35-25)19-24-17-29-28(31(24)18-22-9-3-1-4-10-22)37(33,34)21-23-11-5-2-6-12-23/h1-6,8-12,14,16-17,25H,7,13,15,18-21H2/t25-/m1/s1. The number of ether oxygens (including phenoxy) is 1. The molecule has 0 N–H and O–H groups in total. The van der Waals surface area contributed by atoms with Crippen LogP contribution in [0.2, 0.25) is 0 Å². The molecule has 1 fully saturated rings. The van der Waals surface area contributed by atoms with Crippen LogP contribution < -0.4 is 0 Å². The summed E-state index contributed by atoms with van der Waals surface area (Å²) < 4.78 is 39.9. The molecule has 1 atom stereocenters. The Kier molecular flexibility index (Phi) is 7.52. The molecular weight excluding hydrogens is 490 g/mol. The second kappa shape index (κ2) is 11.1. The summed E-state index contributed by atoms with van der Waals surface area (Å²) in [6, 6.07) is 22.0. The highest BCUT2D eigenvalue weighted by Gasteiger charge is 2.29. The zero-order valence-corrected chi connectivity index (χ0v) is 21.2. The summed E-state index contributed by atoms with van der Waals surface area (Å²) in [5.41, 5.74) is 2.24. The van der Waals surface area contributed by atoms with E-state index < -0.39 is 9.84 Å². The maximum atomic E-state index is 13.5. The molecule has 1 amide bonds. The number of hydrogen-bond acceptors (Lipinski definition) is 6. The van der Waals surface area contributed by atoms with Gasteiger partial charge in [0.25, 0.3) is 5.91 Å². The van der Waals surface area contributed by atoms with E-state index in [0.717, 1.165) is 18.4 Å². The lowest BCUT2D eigenvalue weighted by atomic mass is 10.2. The molecule has 0 unspecified atom stereocenters. The van der Waals surface area contributed by atoms with Crippen molar-refractivity contribution in [1.29, 1.82) is 0 Å². The lowest BCUT2D eigenvalue weighted by molar-refractivity contribution is 0.0478. The predicted octanol–water partition coefficient (Wildman–Crippen LogP) is 4.32. The molecule has 0 saturated carbocycles. The van der Waals surface area contributed by atoms with Gasteiger partial charge in [-0.2, -0.15) is 0 Å². The van der Waals surface area contributed by atoms with Crippen molar-refractivity contribution in [1.82, 2.24) is 14.5 Å². The molecule has 1 aliphatic rings. The van der Waals surface area contributed by atoms with Crippen LogP contribution in [0.15, 0.2) is 94.8 Å². The van der Waals surface area contributed by atoms with Crippen LogP contribution in [0.5, 0.6) is 0 Å². The third kappa shape index (κ3) is 6.00. The number of carbonyl (C=O) groups is 1. The summed E-state index contributed by atoms with van der Waals surface area (Å²) in [5.74, 6) is -0.213. The van der Waals surface area contributed by atoms with Crippen LogP contribution in [0.1, 0.15) is 40.2 Å². The van der Waals surface area contributed by atoms with E-state index in [-0.39, 0.29) is 35.2 Å². The van der Waals surface area contributed by atoms with Gasteiger partial charge in [0.2, 0.25) is 15.0 Å². The Morgan fingerprint density at radius 2 is 1.73 bits per heavy atom. The van der Waals surface area contributed by atoms with Gasteiger partial charge in [0.1, 0.15) is 0 Å². The number of furan rings is 1.